The molecule has 9 nitrogen and oxygen atoms in total. The van der Waals surface area contributed by atoms with Gasteiger partial charge in [0.1, 0.15) is 30.6 Å². The largest absolute Gasteiger partial charge is 0.443 e. The highest BCUT2D eigenvalue weighted by atomic mass is 31.2. The molecule has 0 atom stereocenters. The summed E-state index contributed by atoms with van der Waals surface area (Å²) < 4.78 is 33.9. The molecule has 0 radical (unpaired) electrons. The van der Waals surface area contributed by atoms with Crippen LogP contribution in [0.25, 0.3) is 22.8 Å². The summed E-state index contributed by atoms with van der Waals surface area (Å²) in [6.07, 6.45) is 4.24. The maximum Gasteiger partial charge on any atom is 0.250 e. The van der Waals surface area contributed by atoms with Crippen molar-refractivity contribution >= 4 is 24.0 Å². The van der Waals surface area contributed by atoms with E-state index in [0.717, 1.165) is 0 Å². The lowest BCUT2D eigenvalue weighted by molar-refractivity contribution is 0.0978. The molecule has 4 rings (SSSR count). The Hall–Kier alpha value is -3.91. The Morgan fingerprint density at radius 2 is 1.94 bits per heavy atom. The number of nitrogens with zero attached hydrogens (tertiary/aromatic N) is 4. The van der Waals surface area contributed by atoms with E-state index < -0.39 is 18.7 Å². The van der Waals surface area contributed by atoms with Gasteiger partial charge in [-0.25, -0.2) is 19.3 Å². The van der Waals surface area contributed by atoms with Gasteiger partial charge in [0, 0.05) is 36.6 Å². The van der Waals surface area contributed by atoms with Gasteiger partial charge in [-0.05, 0) is 37.4 Å². The van der Waals surface area contributed by atoms with Crippen LogP contribution in [-0.2, 0) is 18.0 Å². The first kappa shape index (κ1) is 24.2. The van der Waals surface area contributed by atoms with Crippen molar-refractivity contribution in [1.82, 2.24) is 19.5 Å². The second-order valence-electron chi connectivity index (χ2n) is 8.37. The molecule has 0 fully saturated rings. The van der Waals surface area contributed by atoms with E-state index >= 15 is 0 Å². The fourth-order valence-electron chi connectivity index (χ4n) is 3.73. The number of rotatable bonds is 7. The molecular formula is C24H23FN5O4P. The Kier molecular flexibility index (Phi) is 6.49. The molecule has 3 aromatic heterocycles. The van der Waals surface area contributed by atoms with E-state index in [1.807, 2.05) is 0 Å². The molecular weight excluding hydrogens is 472 g/mol. The van der Waals surface area contributed by atoms with Gasteiger partial charge in [0.2, 0.25) is 11.4 Å². The highest BCUT2D eigenvalue weighted by Crippen LogP contribution is 2.37. The normalized spacial score (nSPS) is 11.5. The molecule has 2 N–H and O–H groups in total. The number of carbonyl (C=O) groups is 1. The number of halogens is 1. The quantitative estimate of drug-likeness (QED) is 0.305. The number of carbonyl (C=O) groups excluding carboxylic acids is 1. The number of hydrogen-bond acceptors (Lipinski definition) is 8. The number of ketones is 1. The van der Waals surface area contributed by atoms with Gasteiger partial charge in [0.15, 0.2) is 17.3 Å². The Balaban J connectivity index is 1.75. The highest BCUT2D eigenvalue weighted by molar-refractivity contribution is 7.70. The van der Waals surface area contributed by atoms with Crippen LogP contribution < -0.4 is 16.6 Å². The topological polar surface area (TPSA) is 134 Å². The molecule has 0 aliphatic carbocycles. The summed E-state index contributed by atoms with van der Waals surface area (Å²) in [5, 5.41) is 0.398. The van der Waals surface area contributed by atoms with Crippen LogP contribution in [0.4, 0.5) is 10.2 Å². The molecule has 1 aromatic carbocycles. The second-order valence-corrected chi connectivity index (χ2v) is 11.6. The van der Waals surface area contributed by atoms with Crippen LogP contribution in [0.1, 0.15) is 22.5 Å². The van der Waals surface area contributed by atoms with Crippen molar-refractivity contribution in [2.24, 2.45) is 7.05 Å². The van der Waals surface area contributed by atoms with Crippen LogP contribution in [0.5, 0.6) is 0 Å². The first-order chi connectivity index (χ1) is 16.6. The molecule has 0 amide bonds. The zero-order chi connectivity index (χ0) is 25.3. The van der Waals surface area contributed by atoms with Crippen molar-refractivity contribution in [3.63, 3.8) is 0 Å². The number of hydrogen-bond donors (Lipinski definition) is 1. The number of benzene rings is 1. The fraction of sp³-hybridized carbons (Fsp3) is 0.208. The Morgan fingerprint density at radius 3 is 2.60 bits per heavy atom. The van der Waals surface area contributed by atoms with Crippen molar-refractivity contribution in [3.8, 4) is 22.8 Å². The molecule has 0 aliphatic rings. The summed E-state index contributed by atoms with van der Waals surface area (Å²) in [6, 6.07) is 7.30. The third-order valence-corrected chi connectivity index (χ3v) is 7.04. The van der Waals surface area contributed by atoms with Crippen LogP contribution in [0.2, 0.25) is 0 Å². The summed E-state index contributed by atoms with van der Waals surface area (Å²) in [5.74, 6) is -0.980. The van der Waals surface area contributed by atoms with Crippen molar-refractivity contribution in [1.29, 1.82) is 0 Å². The van der Waals surface area contributed by atoms with E-state index in [-0.39, 0.29) is 52.8 Å². The van der Waals surface area contributed by atoms with Crippen molar-refractivity contribution in [2.75, 3.05) is 19.1 Å². The Morgan fingerprint density at radius 1 is 1.17 bits per heavy atom. The summed E-state index contributed by atoms with van der Waals surface area (Å²) in [6.45, 7) is 3.11. The minimum atomic E-state index is -2.76. The third-order valence-electron chi connectivity index (χ3n) is 5.46. The predicted octanol–water partition coefficient (Wildman–Crippen LogP) is 3.28. The van der Waals surface area contributed by atoms with Crippen LogP contribution in [-0.4, -0.2) is 38.6 Å². The van der Waals surface area contributed by atoms with Crippen molar-refractivity contribution in [3.05, 3.63) is 76.4 Å². The second kappa shape index (κ2) is 9.38. The number of nitrogen functional groups attached to an aromatic ring is 1. The number of oxazole rings is 1. The molecule has 0 aliphatic heterocycles. The van der Waals surface area contributed by atoms with Gasteiger partial charge in [0.25, 0.3) is 0 Å². The van der Waals surface area contributed by atoms with Gasteiger partial charge in [-0.15, -0.1) is 0 Å². The van der Waals surface area contributed by atoms with Gasteiger partial charge >= 0.3 is 0 Å². The monoisotopic (exact) mass is 495 g/mol. The summed E-state index contributed by atoms with van der Waals surface area (Å²) in [5.41, 5.74) is 6.95. The Labute approximate surface area is 200 Å². The number of aryl methyl sites for hydroxylation is 1. The van der Waals surface area contributed by atoms with Gasteiger partial charge < -0.3 is 19.3 Å². The van der Waals surface area contributed by atoms with E-state index in [4.69, 9.17) is 10.2 Å². The zero-order valence-electron chi connectivity index (χ0n) is 19.4. The lowest BCUT2D eigenvalue weighted by Crippen LogP contribution is -2.17. The first-order valence-electron chi connectivity index (χ1n) is 10.7. The van der Waals surface area contributed by atoms with Gasteiger partial charge in [-0.3, -0.25) is 9.59 Å². The number of aromatic nitrogens is 4. The molecule has 35 heavy (non-hydrogen) atoms. The van der Waals surface area contributed by atoms with Gasteiger partial charge in [0.05, 0.1) is 6.20 Å². The molecule has 0 saturated heterocycles. The number of pyridine rings is 1. The summed E-state index contributed by atoms with van der Waals surface area (Å²) >= 11 is 0. The standard InChI is InChI=1S/C24H23FN5O4P/c1-30-13-14(7-10-19(30)32)20-22(24-27-11-12-34-24)29-23(26)21(28-20)17(31)9-8-15-16(25)5-4-6-18(15)35(2,3)33/h4-7,10-13H,8-9H2,1-3H3,(H2,26,29). The van der Waals surface area contributed by atoms with E-state index in [9.17, 15) is 18.5 Å². The van der Waals surface area contributed by atoms with E-state index in [0.29, 0.717) is 10.9 Å². The molecule has 4 aromatic rings. The SMILES string of the molecule is Cn1cc(-c2nc(C(=O)CCc3c(F)cccc3P(C)(C)=O)c(N)nc2-c2ncco2)ccc1=O. The molecule has 0 bridgehead atoms. The minimum Gasteiger partial charge on any atom is -0.443 e. The fourth-order valence-corrected chi connectivity index (χ4v) is 5.05. The number of anilines is 1. The molecule has 3 heterocycles. The van der Waals surface area contributed by atoms with E-state index in [1.165, 1.54) is 35.2 Å². The number of nitrogens with two attached hydrogens (primary N) is 1. The van der Waals surface area contributed by atoms with E-state index in [1.54, 1.807) is 38.7 Å². The van der Waals surface area contributed by atoms with Crippen LogP contribution >= 0.6 is 7.14 Å². The lowest BCUT2D eigenvalue weighted by atomic mass is 10.0. The van der Waals surface area contributed by atoms with Crippen molar-refractivity contribution < 1.29 is 18.2 Å². The first-order valence-corrected chi connectivity index (χ1v) is 13.3. The maximum atomic E-state index is 14.5. The maximum absolute atomic E-state index is 14.5. The summed E-state index contributed by atoms with van der Waals surface area (Å²) in [4.78, 5) is 37.9. The number of Topliss-reactive ketones (excluding diaryl/α,β-unsaturated/α-hetero) is 1. The van der Waals surface area contributed by atoms with Crippen LogP contribution in [0, 0.1) is 5.82 Å². The molecule has 0 unspecified atom stereocenters. The zero-order valence-corrected chi connectivity index (χ0v) is 20.3. The Bertz CT molecular complexity index is 1530. The van der Waals surface area contributed by atoms with Gasteiger partial charge in [-0.1, -0.05) is 12.1 Å². The minimum absolute atomic E-state index is 0.0181. The average molecular weight is 495 g/mol. The summed E-state index contributed by atoms with van der Waals surface area (Å²) in [7, 11) is -1.18. The molecule has 0 spiro atoms. The van der Waals surface area contributed by atoms with Crippen LogP contribution in [0.15, 0.2) is 58.2 Å². The molecule has 180 valence electrons. The predicted molar refractivity (Wildman–Crippen MR) is 131 cm³/mol. The average Bonchev–Trinajstić information content (AvgIpc) is 3.34. The molecule has 0 saturated carbocycles. The van der Waals surface area contributed by atoms with E-state index in [2.05, 4.69) is 15.0 Å². The molecule has 11 heteroatoms. The highest BCUT2D eigenvalue weighted by Gasteiger charge is 2.24. The lowest BCUT2D eigenvalue weighted by Gasteiger charge is -2.14. The third kappa shape index (κ3) is 4.97. The van der Waals surface area contributed by atoms with Gasteiger partial charge in [-0.2, -0.15) is 0 Å². The van der Waals surface area contributed by atoms with Crippen molar-refractivity contribution in [2.45, 2.75) is 12.8 Å². The van der Waals surface area contributed by atoms with Crippen LogP contribution in [0.3, 0.4) is 0 Å². The smallest absolute Gasteiger partial charge is 0.250 e.